The van der Waals surface area contributed by atoms with E-state index in [1.807, 2.05) is 6.92 Å². The van der Waals surface area contributed by atoms with Gasteiger partial charge in [-0.15, -0.1) is 0 Å². The van der Waals surface area contributed by atoms with Crippen LogP contribution in [0.1, 0.15) is 17.0 Å². The lowest BCUT2D eigenvalue weighted by molar-refractivity contribution is 1.08. The standard InChI is InChI=1S/C10H12N2/c1-7-4-9(3)12-6-8(2)11-10(12)5-7/h4-6H,1-3H3. The van der Waals surface area contributed by atoms with Gasteiger partial charge in [-0.3, -0.25) is 0 Å². The molecule has 12 heavy (non-hydrogen) atoms. The minimum absolute atomic E-state index is 1.05. The number of aromatic nitrogens is 2. The molecule has 62 valence electrons. The third kappa shape index (κ3) is 0.998. The first kappa shape index (κ1) is 7.35. The van der Waals surface area contributed by atoms with Crippen molar-refractivity contribution in [1.29, 1.82) is 0 Å². The molecule has 0 fully saturated rings. The van der Waals surface area contributed by atoms with Crippen molar-refractivity contribution in [2.24, 2.45) is 0 Å². The topological polar surface area (TPSA) is 17.3 Å². The first-order chi connectivity index (χ1) is 5.66. The van der Waals surface area contributed by atoms with Gasteiger partial charge in [0.25, 0.3) is 0 Å². The average molecular weight is 160 g/mol. The molecular formula is C10H12N2. The molecule has 0 amide bonds. The van der Waals surface area contributed by atoms with E-state index in [0.717, 1.165) is 11.3 Å². The molecule has 0 saturated heterocycles. The van der Waals surface area contributed by atoms with Gasteiger partial charge in [-0.05, 0) is 38.5 Å². The Morgan fingerprint density at radius 1 is 1.17 bits per heavy atom. The monoisotopic (exact) mass is 160 g/mol. The third-order valence-corrected chi connectivity index (χ3v) is 2.03. The maximum absolute atomic E-state index is 4.40. The van der Waals surface area contributed by atoms with Crippen LogP contribution in [0.3, 0.4) is 0 Å². The SMILES string of the molecule is Cc1cc(C)n2cc(C)nc2c1. The highest BCUT2D eigenvalue weighted by molar-refractivity contribution is 5.44. The Balaban J connectivity index is 2.88. The Hall–Kier alpha value is -1.31. The fourth-order valence-corrected chi connectivity index (χ4v) is 1.55. The number of hydrogen-bond donors (Lipinski definition) is 0. The Morgan fingerprint density at radius 2 is 1.92 bits per heavy atom. The van der Waals surface area contributed by atoms with Crippen LogP contribution in [0.2, 0.25) is 0 Å². The van der Waals surface area contributed by atoms with E-state index in [1.165, 1.54) is 11.3 Å². The van der Waals surface area contributed by atoms with Crippen molar-refractivity contribution in [2.75, 3.05) is 0 Å². The quantitative estimate of drug-likeness (QED) is 0.577. The lowest BCUT2D eigenvalue weighted by atomic mass is 10.2. The van der Waals surface area contributed by atoms with Crippen LogP contribution in [0.5, 0.6) is 0 Å². The second-order valence-corrected chi connectivity index (χ2v) is 3.28. The number of fused-ring (bicyclic) bond motifs is 1. The van der Waals surface area contributed by atoms with Gasteiger partial charge in [0.15, 0.2) is 0 Å². The molecule has 0 saturated carbocycles. The molecule has 0 radical (unpaired) electrons. The van der Waals surface area contributed by atoms with Gasteiger partial charge in [-0.2, -0.15) is 0 Å². The van der Waals surface area contributed by atoms with Gasteiger partial charge >= 0.3 is 0 Å². The van der Waals surface area contributed by atoms with Crippen LogP contribution in [-0.2, 0) is 0 Å². The summed E-state index contributed by atoms with van der Waals surface area (Å²) < 4.78 is 2.11. The summed E-state index contributed by atoms with van der Waals surface area (Å²) in [6, 6.07) is 4.26. The lowest BCUT2D eigenvalue weighted by Crippen LogP contribution is -1.89. The van der Waals surface area contributed by atoms with Crippen LogP contribution < -0.4 is 0 Å². The Morgan fingerprint density at radius 3 is 2.67 bits per heavy atom. The largest absolute Gasteiger partial charge is 0.304 e. The zero-order valence-corrected chi connectivity index (χ0v) is 7.63. The number of rotatable bonds is 0. The fraction of sp³-hybridized carbons (Fsp3) is 0.300. The minimum atomic E-state index is 1.05. The Bertz CT molecular complexity index is 427. The van der Waals surface area contributed by atoms with Gasteiger partial charge in [-0.25, -0.2) is 4.98 Å². The van der Waals surface area contributed by atoms with Gasteiger partial charge in [-0.1, -0.05) is 0 Å². The molecule has 2 rings (SSSR count). The highest BCUT2D eigenvalue weighted by Crippen LogP contribution is 2.10. The summed E-state index contributed by atoms with van der Waals surface area (Å²) in [5, 5.41) is 0. The minimum Gasteiger partial charge on any atom is -0.304 e. The maximum Gasteiger partial charge on any atom is 0.137 e. The molecule has 2 aromatic rings. The van der Waals surface area contributed by atoms with Crippen molar-refractivity contribution in [2.45, 2.75) is 20.8 Å². The summed E-state index contributed by atoms with van der Waals surface area (Å²) in [4.78, 5) is 4.40. The van der Waals surface area contributed by atoms with E-state index in [9.17, 15) is 0 Å². The van der Waals surface area contributed by atoms with Gasteiger partial charge < -0.3 is 4.40 Å². The van der Waals surface area contributed by atoms with Crippen LogP contribution in [0, 0.1) is 20.8 Å². The summed E-state index contributed by atoms with van der Waals surface area (Å²) in [6.07, 6.45) is 2.06. The number of aryl methyl sites for hydroxylation is 3. The first-order valence-electron chi connectivity index (χ1n) is 4.10. The van der Waals surface area contributed by atoms with Crippen molar-refractivity contribution in [3.63, 3.8) is 0 Å². The molecule has 2 nitrogen and oxygen atoms in total. The second-order valence-electron chi connectivity index (χ2n) is 3.28. The molecular weight excluding hydrogens is 148 g/mol. The van der Waals surface area contributed by atoms with E-state index in [4.69, 9.17) is 0 Å². The normalized spacial score (nSPS) is 10.9. The van der Waals surface area contributed by atoms with Crippen molar-refractivity contribution in [3.8, 4) is 0 Å². The van der Waals surface area contributed by atoms with Crippen LogP contribution in [0.15, 0.2) is 18.3 Å². The zero-order valence-electron chi connectivity index (χ0n) is 7.63. The Kier molecular flexibility index (Phi) is 1.43. The summed E-state index contributed by atoms with van der Waals surface area (Å²) in [6.45, 7) is 6.21. The number of nitrogens with zero attached hydrogens (tertiary/aromatic N) is 2. The highest BCUT2D eigenvalue weighted by Gasteiger charge is 1.99. The van der Waals surface area contributed by atoms with Crippen molar-refractivity contribution >= 4 is 5.65 Å². The van der Waals surface area contributed by atoms with E-state index in [1.54, 1.807) is 0 Å². The molecule has 2 heteroatoms. The van der Waals surface area contributed by atoms with E-state index in [2.05, 4.69) is 41.6 Å². The maximum atomic E-state index is 4.40. The van der Waals surface area contributed by atoms with Crippen molar-refractivity contribution in [1.82, 2.24) is 9.38 Å². The number of pyridine rings is 1. The van der Waals surface area contributed by atoms with Crippen LogP contribution in [-0.4, -0.2) is 9.38 Å². The molecule has 2 aromatic heterocycles. The summed E-state index contributed by atoms with van der Waals surface area (Å²) in [5.41, 5.74) is 4.63. The highest BCUT2D eigenvalue weighted by atomic mass is 15.0. The molecule has 0 aliphatic heterocycles. The molecule has 0 aromatic carbocycles. The smallest absolute Gasteiger partial charge is 0.137 e. The van der Waals surface area contributed by atoms with E-state index in [0.29, 0.717) is 0 Å². The van der Waals surface area contributed by atoms with E-state index in [-0.39, 0.29) is 0 Å². The van der Waals surface area contributed by atoms with E-state index < -0.39 is 0 Å². The molecule has 0 bridgehead atoms. The molecule has 0 N–H and O–H groups in total. The van der Waals surface area contributed by atoms with E-state index >= 15 is 0 Å². The third-order valence-electron chi connectivity index (χ3n) is 2.03. The lowest BCUT2D eigenvalue weighted by Gasteiger charge is -1.99. The van der Waals surface area contributed by atoms with Crippen molar-refractivity contribution < 1.29 is 0 Å². The van der Waals surface area contributed by atoms with Gasteiger partial charge in [0.2, 0.25) is 0 Å². The first-order valence-corrected chi connectivity index (χ1v) is 4.10. The molecule has 0 aliphatic rings. The molecule has 0 unspecified atom stereocenters. The summed E-state index contributed by atoms with van der Waals surface area (Å²) >= 11 is 0. The van der Waals surface area contributed by atoms with Gasteiger partial charge in [0.1, 0.15) is 5.65 Å². The fourth-order valence-electron chi connectivity index (χ4n) is 1.55. The summed E-state index contributed by atoms with van der Waals surface area (Å²) in [5.74, 6) is 0. The average Bonchev–Trinajstić information content (AvgIpc) is 2.29. The predicted octanol–water partition coefficient (Wildman–Crippen LogP) is 2.26. The zero-order chi connectivity index (χ0) is 8.72. The van der Waals surface area contributed by atoms with Gasteiger partial charge in [0, 0.05) is 11.9 Å². The second kappa shape index (κ2) is 2.34. The molecule has 0 aliphatic carbocycles. The molecule has 0 atom stereocenters. The van der Waals surface area contributed by atoms with Crippen LogP contribution in [0.25, 0.3) is 5.65 Å². The van der Waals surface area contributed by atoms with Crippen LogP contribution in [0.4, 0.5) is 0 Å². The van der Waals surface area contributed by atoms with Gasteiger partial charge in [0.05, 0.1) is 5.69 Å². The van der Waals surface area contributed by atoms with Crippen LogP contribution >= 0.6 is 0 Å². The predicted molar refractivity (Wildman–Crippen MR) is 49.4 cm³/mol. The molecule has 0 spiro atoms. The Labute approximate surface area is 71.9 Å². The molecule has 2 heterocycles. The summed E-state index contributed by atoms with van der Waals surface area (Å²) in [7, 11) is 0. The van der Waals surface area contributed by atoms with Crippen molar-refractivity contribution in [3.05, 3.63) is 35.3 Å². The number of hydrogen-bond acceptors (Lipinski definition) is 1. The number of imidazole rings is 1.